The van der Waals surface area contributed by atoms with Gasteiger partial charge in [-0.25, -0.2) is 0 Å². The van der Waals surface area contributed by atoms with Crippen molar-refractivity contribution in [1.29, 1.82) is 0 Å². The second-order valence-electron chi connectivity index (χ2n) is 5.43. The Morgan fingerprint density at radius 2 is 1.80 bits per heavy atom. The lowest BCUT2D eigenvalue weighted by atomic mass is 10.1. The summed E-state index contributed by atoms with van der Waals surface area (Å²) in [5.41, 5.74) is 2.69. The zero-order chi connectivity index (χ0) is 17.8. The summed E-state index contributed by atoms with van der Waals surface area (Å²) in [5, 5.41) is 5.63. The Balaban J connectivity index is 1.77. The van der Waals surface area contributed by atoms with E-state index in [2.05, 4.69) is 33.2 Å². The van der Waals surface area contributed by atoms with Crippen LogP contribution in [0, 0.1) is 10.5 Å². The predicted molar refractivity (Wildman–Crippen MR) is 105 cm³/mol. The third kappa shape index (κ3) is 4.27. The zero-order valence-corrected chi connectivity index (χ0v) is 15.5. The van der Waals surface area contributed by atoms with Crippen LogP contribution < -0.4 is 10.6 Å². The number of halogens is 1. The molecule has 0 spiro atoms. The molecule has 1 heterocycles. The number of furan rings is 1. The summed E-state index contributed by atoms with van der Waals surface area (Å²) in [5.74, 6) is -0.315. The topological polar surface area (TPSA) is 71.3 Å². The molecule has 1 aromatic heterocycles. The number of nitrogens with one attached hydrogen (secondary N) is 2. The average Bonchev–Trinajstić information content (AvgIpc) is 3.12. The average molecular weight is 446 g/mol. The van der Waals surface area contributed by atoms with Crippen molar-refractivity contribution in [3.8, 4) is 0 Å². The van der Waals surface area contributed by atoms with Gasteiger partial charge in [0.2, 0.25) is 0 Å². The highest BCUT2D eigenvalue weighted by molar-refractivity contribution is 14.1. The summed E-state index contributed by atoms with van der Waals surface area (Å²) in [4.78, 5) is 24.5. The van der Waals surface area contributed by atoms with Crippen LogP contribution in [-0.4, -0.2) is 11.8 Å². The molecule has 0 unspecified atom stereocenters. The molecule has 2 aromatic carbocycles. The number of rotatable bonds is 4. The molecule has 0 bridgehead atoms. The van der Waals surface area contributed by atoms with E-state index in [1.165, 1.54) is 6.26 Å². The number of hydrogen-bond acceptors (Lipinski definition) is 3. The summed E-state index contributed by atoms with van der Waals surface area (Å²) >= 11 is 2.16. The second kappa shape index (κ2) is 7.52. The monoisotopic (exact) mass is 446 g/mol. The van der Waals surface area contributed by atoms with E-state index in [0.29, 0.717) is 16.9 Å². The number of benzene rings is 2. The van der Waals surface area contributed by atoms with Crippen LogP contribution in [0.15, 0.2) is 65.3 Å². The fraction of sp³-hybridized carbons (Fsp3) is 0.0526. The molecular weight excluding hydrogens is 431 g/mol. The van der Waals surface area contributed by atoms with Crippen LogP contribution in [0.4, 0.5) is 11.4 Å². The minimum Gasteiger partial charge on any atom is -0.459 e. The minimum absolute atomic E-state index is 0.198. The molecule has 0 aliphatic rings. The summed E-state index contributed by atoms with van der Waals surface area (Å²) in [6.45, 7) is 1.89. The van der Waals surface area contributed by atoms with Gasteiger partial charge in [0.1, 0.15) is 0 Å². The molecule has 126 valence electrons. The zero-order valence-electron chi connectivity index (χ0n) is 13.4. The van der Waals surface area contributed by atoms with Crippen molar-refractivity contribution < 1.29 is 14.0 Å². The van der Waals surface area contributed by atoms with Crippen LogP contribution >= 0.6 is 22.6 Å². The van der Waals surface area contributed by atoms with Gasteiger partial charge in [0.15, 0.2) is 5.76 Å². The maximum atomic E-state index is 12.4. The summed E-state index contributed by atoms with van der Waals surface area (Å²) in [7, 11) is 0. The minimum atomic E-state index is -0.344. The molecule has 0 aliphatic carbocycles. The van der Waals surface area contributed by atoms with Crippen molar-refractivity contribution >= 4 is 45.8 Å². The Bertz CT molecular complexity index is 920. The molecule has 0 saturated heterocycles. The Morgan fingerprint density at radius 1 is 0.960 bits per heavy atom. The van der Waals surface area contributed by atoms with Gasteiger partial charge in [-0.2, -0.15) is 0 Å². The Hall–Kier alpha value is -2.61. The van der Waals surface area contributed by atoms with Gasteiger partial charge in [-0.3, -0.25) is 9.59 Å². The Morgan fingerprint density at radius 3 is 2.52 bits per heavy atom. The van der Waals surface area contributed by atoms with Gasteiger partial charge in [0.25, 0.3) is 11.8 Å². The van der Waals surface area contributed by atoms with Crippen molar-refractivity contribution in [2.75, 3.05) is 10.6 Å². The number of hydrogen-bond donors (Lipinski definition) is 2. The Labute approximate surface area is 158 Å². The maximum Gasteiger partial charge on any atom is 0.291 e. The highest BCUT2D eigenvalue weighted by atomic mass is 127. The van der Waals surface area contributed by atoms with Gasteiger partial charge in [-0.15, -0.1) is 0 Å². The SMILES string of the molecule is Cc1ccc(NC(=O)c2ccco2)cc1NC(=O)c1cccc(I)c1. The smallest absolute Gasteiger partial charge is 0.291 e. The lowest BCUT2D eigenvalue weighted by Crippen LogP contribution is -2.14. The molecular formula is C19H15IN2O3. The van der Waals surface area contributed by atoms with E-state index in [1.807, 2.05) is 31.2 Å². The first-order valence-corrected chi connectivity index (χ1v) is 8.63. The van der Waals surface area contributed by atoms with E-state index in [4.69, 9.17) is 4.42 Å². The molecule has 0 radical (unpaired) electrons. The Kier molecular flexibility index (Phi) is 5.18. The third-order valence-corrected chi connectivity index (χ3v) is 4.25. The van der Waals surface area contributed by atoms with Crippen molar-refractivity contribution in [2.45, 2.75) is 6.92 Å². The normalized spacial score (nSPS) is 10.3. The molecule has 2 N–H and O–H groups in total. The largest absolute Gasteiger partial charge is 0.459 e. The van der Waals surface area contributed by atoms with E-state index in [9.17, 15) is 9.59 Å². The second-order valence-corrected chi connectivity index (χ2v) is 6.67. The van der Waals surface area contributed by atoms with Crippen LogP contribution in [0.3, 0.4) is 0 Å². The standard InChI is InChI=1S/C19H15IN2O3/c1-12-7-8-15(21-19(24)17-6-3-9-25-17)11-16(12)22-18(23)13-4-2-5-14(20)10-13/h2-11H,1H3,(H,21,24)(H,22,23). The van der Waals surface area contributed by atoms with Crippen molar-refractivity contribution in [1.82, 2.24) is 0 Å². The summed E-state index contributed by atoms with van der Waals surface area (Å²) < 4.78 is 6.06. The first kappa shape index (κ1) is 17.2. The highest BCUT2D eigenvalue weighted by Gasteiger charge is 2.12. The van der Waals surface area contributed by atoms with Crippen LogP contribution in [-0.2, 0) is 0 Å². The lowest BCUT2D eigenvalue weighted by molar-refractivity contribution is 0.0995. The molecule has 25 heavy (non-hydrogen) atoms. The van der Waals surface area contributed by atoms with Gasteiger partial charge in [0, 0.05) is 20.5 Å². The van der Waals surface area contributed by atoms with Gasteiger partial charge in [-0.1, -0.05) is 12.1 Å². The molecule has 0 aliphatic heterocycles. The molecule has 0 saturated carbocycles. The van der Waals surface area contributed by atoms with Crippen LogP contribution in [0.2, 0.25) is 0 Å². The number of carbonyl (C=O) groups is 2. The molecule has 3 aromatic rings. The molecule has 2 amide bonds. The number of carbonyl (C=O) groups excluding carboxylic acids is 2. The summed E-state index contributed by atoms with van der Waals surface area (Å²) in [6.07, 6.45) is 1.44. The first-order valence-electron chi connectivity index (χ1n) is 7.55. The van der Waals surface area contributed by atoms with Gasteiger partial charge in [-0.05, 0) is 77.5 Å². The fourth-order valence-corrected chi connectivity index (χ4v) is 2.80. The molecule has 6 heteroatoms. The fourth-order valence-electron chi connectivity index (χ4n) is 2.26. The van der Waals surface area contributed by atoms with E-state index in [1.54, 1.807) is 30.3 Å². The van der Waals surface area contributed by atoms with Crippen LogP contribution in [0.1, 0.15) is 26.5 Å². The van der Waals surface area contributed by atoms with Gasteiger partial charge in [0.05, 0.1) is 6.26 Å². The van der Waals surface area contributed by atoms with Gasteiger partial charge >= 0.3 is 0 Å². The van der Waals surface area contributed by atoms with Crippen LogP contribution in [0.25, 0.3) is 0 Å². The van der Waals surface area contributed by atoms with Gasteiger partial charge < -0.3 is 15.1 Å². The maximum absolute atomic E-state index is 12.4. The van der Waals surface area contributed by atoms with E-state index < -0.39 is 0 Å². The quantitative estimate of drug-likeness (QED) is 0.571. The molecule has 3 rings (SSSR count). The number of aryl methyl sites for hydroxylation is 1. The van der Waals surface area contributed by atoms with E-state index in [0.717, 1.165) is 9.13 Å². The molecule has 0 atom stereocenters. The van der Waals surface area contributed by atoms with E-state index in [-0.39, 0.29) is 17.6 Å². The van der Waals surface area contributed by atoms with E-state index >= 15 is 0 Å². The van der Waals surface area contributed by atoms with Crippen molar-refractivity contribution in [2.24, 2.45) is 0 Å². The van der Waals surface area contributed by atoms with Crippen LogP contribution in [0.5, 0.6) is 0 Å². The van der Waals surface area contributed by atoms with Crippen molar-refractivity contribution in [3.05, 3.63) is 81.3 Å². The number of anilines is 2. The van der Waals surface area contributed by atoms with Crippen molar-refractivity contribution in [3.63, 3.8) is 0 Å². The summed E-state index contributed by atoms with van der Waals surface area (Å²) in [6, 6.07) is 15.9. The predicted octanol–water partition coefficient (Wildman–Crippen LogP) is 4.70. The highest BCUT2D eigenvalue weighted by Crippen LogP contribution is 2.22. The lowest BCUT2D eigenvalue weighted by Gasteiger charge is -2.11. The first-order chi connectivity index (χ1) is 12.0. The number of amides is 2. The molecule has 5 nitrogen and oxygen atoms in total. The molecule has 0 fully saturated rings. The third-order valence-electron chi connectivity index (χ3n) is 3.58.